The van der Waals surface area contributed by atoms with Gasteiger partial charge in [0.1, 0.15) is 12.1 Å². The zero-order valence-electron chi connectivity index (χ0n) is 11.5. The number of amides is 2. The summed E-state index contributed by atoms with van der Waals surface area (Å²) in [6.07, 6.45) is 5.19. The zero-order chi connectivity index (χ0) is 15.1. The van der Waals surface area contributed by atoms with Crippen LogP contribution in [0, 0.1) is 5.92 Å². The van der Waals surface area contributed by atoms with Crippen molar-refractivity contribution in [1.29, 1.82) is 0 Å². The van der Waals surface area contributed by atoms with E-state index in [2.05, 4.69) is 0 Å². The highest BCUT2D eigenvalue weighted by Crippen LogP contribution is 2.35. The summed E-state index contributed by atoms with van der Waals surface area (Å²) in [5, 5.41) is 18.6. The van der Waals surface area contributed by atoms with Crippen LogP contribution in [0.2, 0.25) is 0 Å². The second-order valence-electron chi connectivity index (χ2n) is 5.86. The second-order valence-corrected chi connectivity index (χ2v) is 5.86. The molecule has 7 heteroatoms. The van der Waals surface area contributed by atoms with E-state index in [1.54, 1.807) is 0 Å². The van der Waals surface area contributed by atoms with Gasteiger partial charge in [-0.05, 0) is 25.7 Å². The van der Waals surface area contributed by atoms with Crippen LogP contribution < -0.4 is 0 Å². The third kappa shape index (κ3) is 2.16. The molecule has 3 rings (SSSR count). The first-order valence-corrected chi connectivity index (χ1v) is 7.23. The summed E-state index contributed by atoms with van der Waals surface area (Å²) in [5.41, 5.74) is 0. The number of carboxylic acids is 1. The van der Waals surface area contributed by atoms with Crippen molar-refractivity contribution in [3.63, 3.8) is 0 Å². The lowest BCUT2D eigenvalue weighted by atomic mass is 9.88. The number of nitrogens with zero attached hydrogens (tertiary/aromatic N) is 2. The Bertz CT molecular complexity index is 517. The van der Waals surface area contributed by atoms with Crippen LogP contribution in [0.5, 0.6) is 0 Å². The number of carbonyl (C=O) groups excluding carboxylic acids is 1. The number of piperidine rings is 1. The topological polar surface area (TPSA) is 98.1 Å². The molecule has 114 valence electrons. The highest BCUT2D eigenvalue weighted by molar-refractivity contribution is 5.91. The van der Waals surface area contributed by atoms with Gasteiger partial charge in [-0.2, -0.15) is 0 Å². The lowest BCUT2D eigenvalue weighted by Crippen LogP contribution is -2.58. The van der Waals surface area contributed by atoms with Crippen molar-refractivity contribution >= 4 is 18.0 Å². The monoisotopic (exact) mass is 294 g/mol. The quantitative estimate of drug-likeness (QED) is 0.696. The van der Waals surface area contributed by atoms with Gasteiger partial charge in [-0.15, -0.1) is 0 Å². The van der Waals surface area contributed by atoms with Crippen LogP contribution in [-0.4, -0.2) is 62.7 Å². The highest BCUT2D eigenvalue weighted by atomic mass is 16.4. The molecule has 2 N–H and O–H groups in total. The van der Waals surface area contributed by atoms with Gasteiger partial charge in [-0.1, -0.05) is 12.2 Å². The fourth-order valence-corrected chi connectivity index (χ4v) is 3.77. The average Bonchev–Trinajstić information content (AvgIpc) is 2.82. The van der Waals surface area contributed by atoms with Gasteiger partial charge in [-0.3, -0.25) is 9.69 Å². The standard InChI is InChI=1S/C14H18N2O5/c17-12-11-8(2-1-7-15(11)14(20)21)3-4-9-5-6-10(13(18)19)16(9)12/h3-4,8-11H,1-2,5-7H2,(H,18,19)(H,20,21)/t8-,9+,10+,11+/m1/s1. The minimum absolute atomic E-state index is 0.151. The van der Waals surface area contributed by atoms with E-state index in [-0.39, 0.29) is 17.9 Å². The van der Waals surface area contributed by atoms with Crippen molar-refractivity contribution in [1.82, 2.24) is 9.80 Å². The third-order valence-electron chi connectivity index (χ3n) is 4.73. The average molecular weight is 294 g/mol. The minimum Gasteiger partial charge on any atom is -0.480 e. The molecule has 2 saturated heterocycles. The Morgan fingerprint density at radius 3 is 2.57 bits per heavy atom. The Kier molecular flexibility index (Phi) is 3.35. The number of carbonyl (C=O) groups is 3. The molecule has 0 aromatic rings. The number of aliphatic carboxylic acids is 1. The normalized spacial score (nSPS) is 35.1. The van der Waals surface area contributed by atoms with Crippen molar-refractivity contribution in [2.24, 2.45) is 5.92 Å². The molecule has 0 radical (unpaired) electrons. The first-order valence-electron chi connectivity index (χ1n) is 7.23. The Labute approximate surface area is 121 Å². The summed E-state index contributed by atoms with van der Waals surface area (Å²) in [6.45, 7) is 0.326. The van der Waals surface area contributed by atoms with Crippen LogP contribution in [0.1, 0.15) is 25.7 Å². The van der Waals surface area contributed by atoms with Crippen LogP contribution in [0.15, 0.2) is 12.2 Å². The van der Waals surface area contributed by atoms with Crippen LogP contribution in [0.3, 0.4) is 0 Å². The summed E-state index contributed by atoms with van der Waals surface area (Å²) in [6, 6.07) is -1.85. The van der Waals surface area contributed by atoms with Gasteiger partial charge in [-0.25, -0.2) is 9.59 Å². The number of hydrogen-bond acceptors (Lipinski definition) is 3. The number of likely N-dealkylation sites (tertiary alicyclic amines) is 1. The molecular weight excluding hydrogens is 276 g/mol. The summed E-state index contributed by atoms with van der Waals surface area (Å²) >= 11 is 0. The first kappa shape index (κ1) is 13.9. The number of hydrogen-bond donors (Lipinski definition) is 2. The van der Waals surface area contributed by atoms with Gasteiger partial charge in [0.25, 0.3) is 0 Å². The van der Waals surface area contributed by atoms with Crippen LogP contribution in [-0.2, 0) is 9.59 Å². The van der Waals surface area contributed by atoms with Crippen molar-refractivity contribution in [3.8, 4) is 0 Å². The fourth-order valence-electron chi connectivity index (χ4n) is 3.77. The lowest BCUT2D eigenvalue weighted by Gasteiger charge is -2.39. The predicted octanol–water partition coefficient (Wildman–Crippen LogP) is 0.759. The molecule has 2 fully saturated rings. The molecule has 0 spiro atoms. The zero-order valence-corrected chi connectivity index (χ0v) is 11.5. The van der Waals surface area contributed by atoms with E-state index in [9.17, 15) is 24.6 Å². The summed E-state index contributed by atoms with van der Waals surface area (Å²) in [5.74, 6) is -1.53. The molecule has 4 atom stereocenters. The molecule has 3 aliphatic heterocycles. The van der Waals surface area contributed by atoms with Gasteiger partial charge in [0, 0.05) is 12.5 Å². The fraction of sp³-hybridized carbons (Fsp3) is 0.643. The molecule has 3 heterocycles. The molecule has 0 aromatic carbocycles. The Hall–Kier alpha value is -2.05. The van der Waals surface area contributed by atoms with Crippen LogP contribution in [0.4, 0.5) is 4.79 Å². The van der Waals surface area contributed by atoms with Gasteiger partial charge in [0.2, 0.25) is 5.91 Å². The minimum atomic E-state index is -1.11. The van der Waals surface area contributed by atoms with E-state index in [0.29, 0.717) is 19.4 Å². The van der Waals surface area contributed by atoms with Gasteiger partial charge < -0.3 is 15.1 Å². The number of fused-ring (bicyclic) bond motifs is 2. The van der Waals surface area contributed by atoms with Gasteiger partial charge in [0.05, 0.1) is 6.04 Å². The van der Waals surface area contributed by atoms with E-state index in [0.717, 1.165) is 12.8 Å². The largest absolute Gasteiger partial charge is 0.480 e. The molecule has 21 heavy (non-hydrogen) atoms. The molecule has 0 aromatic heterocycles. The molecule has 7 nitrogen and oxygen atoms in total. The maximum atomic E-state index is 12.8. The maximum Gasteiger partial charge on any atom is 0.408 e. The van der Waals surface area contributed by atoms with E-state index >= 15 is 0 Å². The molecule has 2 amide bonds. The van der Waals surface area contributed by atoms with E-state index in [1.807, 2.05) is 12.2 Å². The molecule has 0 bridgehead atoms. The summed E-state index contributed by atoms with van der Waals surface area (Å²) < 4.78 is 0. The number of rotatable bonds is 1. The first-order chi connectivity index (χ1) is 10.0. The Balaban J connectivity index is 1.97. The SMILES string of the molecule is O=C(O)[C@@H]1CC[C@@H]2C=C[C@H]3CCCN(C(=O)O)[C@@H]3C(=O)N21. The smallest absolute Gasteiger partial charge is 0.408 e. The van der Waals surface area contributed by atoms with Crippen LogP contribution in [0.25, 0.3) is 0 Å². The maximum absolute atomic E-state index is 12.8. The van der Waals surface area contributed by atoms with Crippen molar-refractivity contribution in [2.75, 3.05) is 6.54 Å². The van der Waals surface area contributed by atoms with Crippen molar-refractivity contribution < 1.29 is 24.6 Å². The van der Waals surface area contributed by atoms with Crippen LogP contribution >= 0.6 is 0 Å². The molecule has 0 unspecified atom stereocenters. The molecule has 0 saturated carbocycles. The number of carboxylic acid groups (broad SMARTS) is 2. The van der Waals surface area contributed by atoms with Crippen molar-refractivity contribution in [3.05, 3.63) is 12.2 Å². The Morgan fingerprint density at radius 1 is 1.14 bits per heavy atom. The molecular formula is C14H18N2O5. The highest BCUT2D eigenvalue weighted by Gasteiger charge is 2.48. The van der Waals surface area contributed by atoms with E-state index in [4.69, 9.17) is 0 Å². The summed E-state index contributed by atoms with van der Waals surface area (Å²) in [7, 11) is 0. The van der Waals surface area contributed by atoms with Gasteiger partial charge >= 0.3 is 12.1 Å². The summed E-state index contributed by atoms with van der Waals surface area (Å²) in [4.78, 5) is 38.1. The van der Waals surface area contributed by atoms with E-state index in [1.165, 1.54) is 9.80 Å². The van der Waals surface area contributed by atoms with Crippen molar-refractivity contribution in [2.45, 2.75) is 43.8 Å². The predicted molar refractivity (Wildman–Crippen MR) is 71.7 cm³/mol. The lowest BCUT2D eigenvalue weighted by molar-refractivity contribution is -0.152. The molecule has 0 aliphatic carbocycles. The molecule has 3 aliphatic rings. The van der Waals surface area contributed by atoms with Gasteiger partial charge in [0.15, 0.2) is 0 Å². The second kappa shape index (κ2) is 5.05. The third-order valence-corrected chi connectivity index (χ3v) is 4.73. The Morgan fingerprint density at radius 2 is 1.90 bits per heavy atom. The van der Waals surface area contributed by atoms with E-state index < -0.39 is 24.1 Å².